The van der Waals surface area contributed by atoms with Crippen LogP contribution < -0.4 is 14.9 Å². The van der Waals surface area contributed by atoms with E-state index in [0.29, 0.717) is 23.4 Å². The van der Waals surface area contributed by atoms with E-state index in [4.69, 9.17) is 0 Å². The molecule has 1 fully saturated rings. The second-order valence-corrected chi connectivity index (χ2v) is 10.7. The summed E-state index contributed by atoms with van der Waals surface area (Å²) in [7, 11) is -3.85. The Balaban J connectivity index is 1.45. The second-order valence-electron chi connectivity index (χ2n) is 9.01. The van der Waals surface area contributed by atoms with Crippen LogP contribution in [0.25, 0.3) is 0 Å². The SMILES string of the molecule is Cc1cc(C)cc(NS(=O)(=O)c2cc(C(=O)NCc3ccc(N4CCCC4)cc3)ccc2C)c1. The number of aryl methyl sites for hydroxylation is 3. The molecule has 7 heteroatoms. The van der Waals surface area contributed by atoms with E-state index < -0.39 is 10.0 Å². The van der Waals surface area contributed by atoms with Gasteiger partial charge in [0.25, 0.3) is 15.9 Å². The molecule has 0 bridgehead atoms. The highest BCUT2D eigenvalue weighted by Crippen LogP contribution is 2.23. The topological polar surface area (TPSA) is 78.5 Å². The quantitative estimate of drug-likeness (QED) is 0.505. The summed E-state index contributed by atoms with van der Waals surface area (Å²) in [6.07, 6.45) is 2.46. The molecular weight excluding hydrogens is 446 g/mol. The van der Waals surface area contributed by atoms with Crippen molar-refractivity contribution in [2.24, 2.45) is 0 Å². The predicted octanol–water partition coefficient (Wildman–Crippen LogP) is 4.94. The first-order valence-electron chi connectivity index (χ1n) is 11.6. The molecule has 4 rings (SSSR count). The molecule has 0 aromatic heterocycles. The number of nitrogens with one attached hydrogen (secondary N) is 2. The van der Waals surface area contributed by atoms with E-state index in [2.05, 4.69) is 27.1 Å². The first-order chi connectivity index (χ1) is 16.2. The molecule has 1 saturated heterocycles. The average molecular weight is 478 g/mol. The van der Waals surface area contributed by atoms with Crippen LogP contribution in [0.2, 0.25) is 0 Å². The van der Waals surface area contributed by atoms with Crippen molar-refractivity contribution < 1.29 is 13.2 Å². The molecule has 1 aliphatic heterocycles. The molecular formula is C27H31N3O3S. The molecule has 3 aromatic rings. The van der Waals surface area contributed by atoms with Crippen LogP contribution in [0.4, 0.5) is 11.4 Å². The molecule has 1 amide bonds. The molecule has 3 aromatic carbocycles. The van der Waals surface area contributed by atoms with Crippen LogP contribution in [-0.2, 0) is 16.6 Å². The summed E-state index contributed by atoms with van der Waals surface area (Å²) >= 11 is 0. The molecule has 1 heterocycles. The molecule has 1 aliphatic rings. The van der Waals surface area contributed by atoms with E-state index in [1.165, 1.54) is 24.6 Å². The zero-order valence-electron chi connectivity index (χ0n) is 19.9. The van der Waals surface area contributed by atoms with Crippen molar-refractivity contribution in [2.45, 2.75) is 45.1 Å². The van der Waals surface area contributed by atoms with Crippen molar-refractivity contribution in [2.75, 3.05) is 22.7 Å². The number of amides is 1. The standard InChI is InChI=1S/C27H31N3O3S/c1-19-14-20(2)16-24(15-19)29-34(32,33)26-17-23(9-6-21(26)3)27(31)28-18-22-7-10-25(11-8-22)30-12-4-5-13-30/h6-11,14-17,29H,4-5,12-13,18H2,1-3H3,(H,28,31). The number of hydrogen-bond acceptors (Lipinski definition) is 4. The van der Waals surface area contributed by atoms with Gasteiger partial charge in [0.15, 0.2) is 0 Å². The van der Waals surface area contributed by atoms with Crippen LogP contribution in [0.15, 0.2) is 65.6 Å². The van der Waals surface area contributed by atoms with Gasteiger partial charge in [0.05, 0.1) is 4.90 Å². The first kappa shape index (κ1) is 23.8. The molecule has 0 aliphatic carbocycles. The molecule has 34 heavy (non-hydrogen) atoms. The fourth-order valence-corrected chi connectivity index (χ4v) is 5.67. The van der Waals surface area contributed by atoms with Gasteiger partial charge in [0, 0.05) is 36.6 Å². The van der Waals surface area contributed by atoms with Gasteiger partial charge in [-0.3, -0.25) is 9.52 Å². The third kappa shape index (κ3) is 5.59. The van der Waals surface area contributed by atoms with Gasteiger partial charge in [-0.05, 0) is 92.3 Å². The van der Waals surface area contributed by atoms with Crippen molar-refractivity contribution in [3.05, 3.63) is 88.5 Å². The van der Waals surface area contributed by atoms with E-state index in [1.807, 2.05) is 32.0 Å². The van der Waals surface area contributed by atoms with Crippen molar-refractivity contribution in [1.29, 1.82) is 0 Å². The Labute approximate surface area is 202 Å². The molecule has 0 saturated carbocycles. The highest BCUT2D eigenvalue weighted by atomic mass is 32.2. The van der Waals surface area contributed by atoms with Gasteiger partial charge in [0.2, 0.25) is 0 Å². The van der Waals surface area contributed by atoms with E-state index in [9.17, 15) is 13.2 Å². The van der Waals surface area contributed by atoms with Gasteiger partial charge in [-0.25, -0.2) is 8.42 Å². The Morgan fingerprint density at radius 1 is 0.882 bits per heavy atom. The van der Waals surface area contributed by atoms with Gasteiger partial charge >= 0.3 is 0 Å². The monoisotopic (exact) mass is 477 g/mol. The lowest BCUT2D eigenvalue weighted by atomic mass is 10.1. The van der Waals surface area contributed by atoms with Crippen LogP contribution >= 0.6 is 0 Å². The Bertz CT molecular complexity index is 1270. The summed E-state index contributed by atoms with van der Waals surface area (Å²) in [5.74, 6) is -0.313. The number of nitrogens with zero attached hydrogens (tertiary/aromatic N) is 1. The Kier molecular flexibility index (Phi) is 6.93. The summed E-state index contributed by atoms with van der Waals surface area (Å²) in [6.45, 7) is 8.11. The van der Waals surface area contributed by atoms with Gasteiger partial charge in [0.1, 0.15) is 0 Å². The van der Waals surface area contributed by atoms with Gasteiger partial charge < -0.3 is 10.2 Å². The summed E-state index contributed by atoms with van der Waals surface area (Å²) in [4.78, 5) is 15.3. The molecule has 178 valence electrons. The Hall–Kier alpha value is -3.32. The van der Waals surface area contributed by atoms with Crippen molar-refractivity contribution in [3.8, 4) is 0 Å². The maximum atomic E-state index is 13.1. The van der Waals surface area contributed by atoms with E-state index >= 15 is 0 Å². The van der Waals surface area contributed by atoms with Crippen LogP contribution in [0, 0.1) is 20.8 Å². The number of carbonyl (C=O) groups excluding carboxylic acids is 1. The average Bonchev–Trinajstić information content (AvgIpc) is 3.32. The number of hydrogen-bond donors (Lipinski definition) is 2. The fourth-order valence-electron chi connectivity index (χ4n) is 4.36. The van der Waals surface area contributed by atoms with Crippen LogP contribution in [0.1, 0.15) is 45.5 Å². The molecule has 0 spiro atoms. The zero-order valence-corrected chi connectivity index (χ0v) is 20.7. The minimum absolute atomic E-state index is 0.0919. The van der Waals surface area contributed by atoms with E-state index in [1.54, 1.807) is 31.2 Å². The third-order valence-corrected chi connectivity index (χ3v) is 7.60. The lowest BCUT2D eigenvalue weighted by Crippen LogP contribution is -2.24. The lowest BCUT2D eigenvalue weighted by molar-refractivity contribution is 0.0950. The maximum Gasteiger partial charge on any atom is 0.262 e. The summed E-state index contributed by atoms with van der Waals surface area (Å²) in [5, 5.41) is 2.90. The number of carbonyl (C=O) groups is 1. The number of sulfonamides is 1. The maximum absolute atomic E-state index is 13.1. The number of rotatable bonds is 7. The van der Waals surface area contributed by atoms with Crippen molar-refractivity contribution in [1.82, 2.24) is 5.32 Å². The summed E-state index contributed by atoms with van der Waals surface area (Å²) < 4.78 is 28.8. The van der Waals surface area contributed by atoms with Crippen LogP contribution in [0.5, 0.6) is 0 Å². The summed E-state index contributed by atoms with van der Waals surface area (Å²) in [6, 6.07) is 18.5. The number of benzene rings is 3. The highest BCUT2D eigenvalue weighted by Gasteiger charge is 2.20. The van der Waals surface area contributed by atoms with Gasteiger partial charge in [-0.15, -0.1) is 0 Å². The van der Waals surface area contributed by atoms with E-state index in [0.717, 1.165) is 29.8 Å². The predicted molar refractivity (Wildman–Crippen MR) is 137 cm³/mol. The minimum atomic E-state index is -3.85. The highest BCUT2D eigenvalue weighted by molar-refractivity contribution is 7.92. The van der Waals surface area contributed by atoms with Crippen LogP contribution in [-0.4, -0.2) is 27.4 Å². The Morgan fingerprint density at radius 3 is 2.18 bits per heavy atom. The normalized spacial score (nSPS) is 13.7. The second kappa shape index (κ2) is 9.89. The number of anilines is 2. The van der Waals surface area contributed by atoms with E-state index in [-0.39, 0.29) is 10.8 Å². The molecule has 2 N–H and O–H groups in total. The van der Waals surface area contributed by atoms with Crippen molar-refractivity contribution in [3.63, 3.8) is 0 Å². The van der Waals surface area contributed by atoms with Gasteiger partial charge in [-0.2, -0.15) is 0 Å². The van der Waals surface area contributed by atoms with Crippen molar-refractivity contribution >= 4 is 27.3 Å². The van der Waals surface area contributed by atoms with Gasteiger partial charge in [-0.1, -0.05) is 24.3 Å². The molecule has 6 nitrogen and oxygen atoms in total. The molecule has 0 unspecified atom stereocenters. The third-order valence-electron chi connectivity index (χ3n) is 6.07. The smallest absolute Gasteiger partial charge is 0.262 e. The summed E-state index contributed by atoms with van der Waals surface area (Å²) in [5.41, 5.74) is 5.52. The van der Waals surface area contributed by atoms with Crippen LogP contribution in [0.3, 0.4) is 0 Å². The molecule has 0 atom stereocenters. The largest absolute Gasteiger partial charge is 0.372 e. The fraction of sp³-hybridized carbons (Fsp3) is 0.296. The molecule has 0 radical (unpaired) electrons. The minimum Gasteiger partial charge on any atom is -0.372 e. The zero-order chi connectivity index (χ0) is 24.3. The Morgan fingerprint density at radius 2 is 1.53 bits per heavy atom. The first-order valence-corrected chi connectivity index (χ1v) is 13.0. The lowest BCUT2D eigenvalue weighted by Gasteiger charge is -2.17.